The number of rotatable bonds is 13. The molecule has 8 rings (SSSR count). The van der Waals surface area contributed by atoms with E-state index in [0.29, 0.717) is 55.0 Å². The van der Waals surface area contributed by atoms with Gasteiger partial charge >= 0.3 is 0 Å². The summed E-state index contributed by atoms with van der Waals surface area (Å²) in [7, 11) is -3.57. The van der Waals surface area contributed by atoms with E-state index < -0.39 is 15.0 Å². The minimum absolute atomic E-state index is 0.0410. The van der Waals surface area contributed by atoms with Crippen molar-refractivity contribution in [2.24, 2.45) is 11.1 Å². The fourth-order valence-electron chi connectivity index (χ4n) is 5.45. The zero-order chi connectivity index (χ0) is 44.4. The van der Waals surface area contributed by atoms with Crippen molar-refractivity contribution >= 4 is 57.1 Å². The number of hydrogen-bond donors (Lipinski definition) is 5. The Morgan fingerprint density at radius 1 is 0.742 bits per heavy atom. The van der Waals surface area contributed by atoms with E-state index in [-0.39, 0.29) is 34.7 Å². The first-order chi connectivity index (χ1) is 29.6. The second kappa shape index (κ2) is 19.2. The molecule has 0 spiro atoms. The molecule has 0 atom stereocenters. The summed E-state index contributed by atoms with van der Waals surface area (Å²) in [6.07, 6.45) is 6.77. The summed E-state index contributed by atoms with van der Waals surface area (Å²) >= 11 is 0. The summed E-state index contributed by atoms with van der Waals surface area (Å²) in [5, 5.41) is 13.7. The van der Waals surface area contributed by atoms with Gasteiger partial charge in [-0.1, -0.05) is 57.2 Å². The normalized spacial score (nSPS) is 11.4. The average Bonchev–Trinajstić information content (AvgIpc) is 4.07. The van der Waals surface area contributed by atoms with E-state index in [1.807, 2.05) is 69.3 Å². The minimum Gasteiger partial charge on any atom is -0.461 e. The molecule has 0 radical (unpaired) electrons. The van der Waals surface area contributed by atoms with Crippen LogP contribution in [0.4, 0.5) is 23.5 Å². The molecule has 0 unspecified atom stereocenters. The molecule has 0 saturated carbocycles. The van der Waals surface area contributed by atoms with Gasteiger partial charge in [0, 0.05) is 30.3 Å². The summed E-state index contributed by atoms with van der Waals surface area (Å²) in [5.41, 5.74) is 20.9. The molecule has 62 heavy (non-hydrogen) atoms. The topological polar surface area (TPSA) is 309 Å². The fourth-order valence-corrected chi connectivity index (χ4v) is 5.96. The maximum atomic E-state index is 12.2. The van der Waals surface area contributed by atoms with E-state index in [9.17, 15) is 18.0 Å². The predicted octanol–water partition coefficient (Wildman–Crippen LogP) is 3.69. The molecule has 2 aromatic carbocycles. The molecule has 6 heterocycles. The van der Waals surface area contributed by atoms with Crippen molar-refractivity contribution in [3.05, 3.63) is 102 Å². The van der Waals surface area contributed by atoms with Gasteiger partial charge in [-0.05, 0) is 72.5 Å². The van der Waals surface area contributed by atoms with Crippen molar-refractivity contribution in [3.63, 3.8) is 0 Å². The number of Topliss-reactive ketones (excluding diaryl/α,β-unsaturated/α-hetero) is 1. The Morgan fingerprint density at radius 2 is 1.27 bits per heavy atom. The number of fused-ring (bicyclic) bond motifs is 2. The summed E-state index contributed by atoms with van der Waals surface area (Å²) in [6.45, 7) is 7.10. The van der Waals surface area contributed by atoms with E-state index in [1.54, 1.807) is 30.5 Å². The third kappa shape index (κ3) is 11.4. The molecule has 0 saturated heterocycles. The second-order valence-electron chi connectivity index (χ2n) is 14.6. The van der Waals surface area contributed by atoms with Crippen molar-refractivity contribution in [3.8, 4) is 23.2 Å². The number of ketones is 1. The number of nitrogens with two attached hydrogens (primary N) is 3. The Kier molecular flexibility index (Phi) is 13.6. The quantitative estimate of drug-likeness (QED) is 0.103. The summed E-state index contributed by atoms with van der Waals surface area (Å²) in [4.78, 5) is 46.7. The van der Waals surface area contributed by atoms with Crippen LogP contribution in [0, 0.1) is 5.41 Å². The summed E-state index contributed by atoms with van der Waals surface area (Å²) < 4.78 is 35.8. The smallest absolute Gasteiger partial charge is 0.259 e. The molecular weight excluding hydrogens is 819 g/mol. The third-order valence-electron chi connectivity index (χ3n) is 8.79. The molecule has 0 aliphatic carbocycles. The molecule has 22 heteroatoms. The van der Waals surface area contributed by atoms with Crippen LogP contribution >= 0.6 is 0 Å². The average molecular weight is 864 g/mol. The highest BCUT2D eigenvalue weighted by atomic mass is 32.2. The highest BCUT2D eigenvalue weighted by Crippen LogP contribution is 2.20. The lowest BCUT2D eigenvalue weighted by Gasteiger charge is -2.16. The fraction of sp³-hybridized carbons (Fsp3) is 0.250. The van der Waals surface area contributed by atoms with Gasteiger partial charge in [0.1, 0.15) is 5.78 Å². The van der Waals surface area contributed by atoms with Crippen LogP contribution in [0.15, 0.2) is 99.3 Å². The summed E-state index contributed by atoms with van der Waals surface area (Å²) in [5.74, 6) is 2.67. The van der Waals surface area contributed by atoms with Crippen LogP contribution in [0.5, 0.6) is 0 Å². The number of furan rings is 2. The monoisotopic (exact) mass is 863 g/mol. The first-order valence-corrected chi connectivity index (χ1v) is 20.9. The van der Waals surface area contributed by atoms with Gasteiger partial charge < -0.3 is 36.7 Å². The Hall–Kier alpha value is -7.59. The van der Waals surface area contributed by atoms with Crippen LogP contribution in [0.3, 0.4) is 0 Å². The van der Waals surface area contributed by atoms with Gasteiger partial charge in [-0.15, -0.1) is 10.2 Å². The molecule has 0 aliphatic rings. The highest BCUT2D eigenvalue weighted by Gasteiger charge is 2.21. The summed E-state index contributed by atoms with van der Waals surface area (Å²) in [6, 6.07) is 22.6. The number of sulfone groups is 1. The van der Waals surface area contributed by atoms with Crippen LogP contribution in [-0.2, 0) is 38.7 Å². The third-order valence-corrected chi connectivity index (χ3v) is 9.64. The van der Waals surface area contributed by atoms with E-state index >= 15 is 0 Å². The van der Waals surface area contributed by atoms with Crippen molar-refractivity contribution in [1.82, 2.24) is 49.1 Å². The zero-order valence-electron chi connectivity index (χ0n) is 34.3. The Morgan fingerprint density at radius 3 is 1.79 bits per heavy atom. The minimum atomic E-state index is -3.57. The maximum Gasteiger partial charge on any atom is 0.259 e. The number of hydrogen-bond acceptors (Lipinski definition) is 18. The molecule has 0 fully saturated rings. The van der Waals surface area contributed by atoms with E-state index in [0.717, 1.165) is 40.4 Å². The first kappa shape index (κ1) is 44.0. The number of carbonyl (C=O) groups excluding carboxylic acids is 2. The Labute approximate surface area is 355 Å². The van der Waals surface area contributed by atoms with Gasteiger partial charge in [-0.25, -0.2) is 8.42 Å². The van der Waals surface area contributed by atoms with Gasteiger partial charge in [0.2, 0.25) is 45.7 Å². The van der Waals surface area contributed by atoms with E-state index in [1.165, 1.54) is 16.3 Å². The van der Waals surface area contributed by atoms with Crippen LogP contribution in [-0.4, -0.2) is 89.1 Å². The lowest BCUT2D eigenvalue weighted by atomic mass is 9.87. The van der Waals surface area contributed by atoms with Gasteiger partial charge in [0.05, 0.1) is 12.5 Å². The molecule has 6 aromatic heterocycles. The van der Waals surface area contributed by atoms with Crippen LogP contribution < -0.4 is 27.8 Å². The lowest BCUT2D eigenvalue weighted by molar-refractivity contribution is -0.125. The number of carbonyl (C=O) groups is 2. The molecule has 0 aliphatic heterocycles. The van der Waals surface area contributed by atoms with Gasteiger partial charge in [0.25, 0.3) is 16.7 Å². The van der Waals surface area contributed by atoms with Gasteiger partial charge in [-0.3, -0.25) is 9.59 Å². The number of amides is 1. The van der Waals surface area contributed by atoms with Gasteiger partial charge in [0.15, 0.2) is 11.5 Å². The number of nitrogens with zero attached hydrogens (tertiary/aromatic N) is 10. The SMILES string of the molecule is CC(C)(C)C(=O)Cc1ccc(CCNc2nc(N)n3nc(-c4ccco4)nc3n2)cc1.CS(=O)(=O)c1nc(N)n2nc(-c3ccco3)nc2n1.NCCc1ccc(NC=O)cc1. The molecule has 0 bridgehead atoms. The van der Waals surface area contributed by atoms with Crippen molar-refractivity contribution in [1.29, 1.82) is 0 Å². The van der Waals surface area contributed by atoms with E-state index in [2.05, 4.69) is 50.7 Å². The largest absolute Gasteiger partial charge is 0.461 e. The highest BCUT2D eigenvalue weighted by molar-refractivity contribution is 7.90. The standard InChI is InChI=1S/C22H25N7O2.C9H8N6O3S.C9H12N2O/c1-22(2,3)17(30)13-15-8-6-14(7-9-15)10-11-24-20-26-19(23)29-21(27-20)25-18(28-29)16-5-4-12-31-16;1-19(16,17)9-12-7(10)15-8(13-9)11-6(14-15)5-3-2-4-18-5;10-6-5-8-1-3-9(4-2-8)11-7-12/h4-9,12H,10-11,13H2,1-3H3,(H3,23,24,25,26,27,28);2-4H,1H3,(H2,10,11,12,13,14);1-4,7H,5-6,10H2,(H,11,12). The number of anilines is 4. The number of benzene rings is 2. The number of nitrogen functional groups attached to an aromatic ring is 2. The van der Waals surface area contributed by atoms with Crippen molar-refractivity contribution in [2.75, 3.05) is 41.4 Å². The van der Waals surface area contributed by atoms with Crippen molar-refractivity contribution < 1.29 is 26.8 Å². The second-order valence-corrected chi connectivity index (χ2v) is 16.5. The zero-order valence-corrected chi connectivity index (χ0v) is 35.1. The van der Waals surface area contributed by atoms with Crippen LogP contribution in [0.2, 0.25) is 0 Å². The van der Waals surface area contributed by atoms with Crippen molar-refractivity contribution in [2.45, 2.75) is 45.2 Å². The lowest BCUT2D eigenvalue weighted by Crippen LogP contribution is -2.22. The van der Waals surface area contributed by atoms with E-state index in [4.69, 9.17) is 26.0 Å². The van der Waals surface area contributed by atoms with Crippen LogP contribution in [0.25, 0.3) is 34.7 Å². The number of aromatic nitrogens is 10. The predicted molar refractivity (Wildman–Crippen MR) is 230 cm³/mol. The molecule has 8 aromatic rings. The molecule has 322 valence electrons. The molecule has 21 nitrogen and oxygen atoms in total. The Balaban J connectivity index is 0.000000175. The molecule has 1 amide bonds. The number of nitrogens with one attached hydrogen (secondary N) is 2. The maximum absolute atomic E-state index is 12.2. The molecule has 8 N–H and O–H groups in total. The Bertz CT molecular complexity index is 2850. The van der Waals surface area contributed by atoms with Crippen LogP contribution in [0.1, 0.15) is 37.5 Å². The van der Waals surface area contributed by atoms with Gasteiger partial charge in [-0.2, -0.15) is 38.9 Å². The first-order valence-electron chi connectivity index (χ1n) is 19.0. The molecular formula is C40H45N15O6S.